The quantitative estimate of drug-likeness (QED) is 0.796. The number of para-hydroxylation sites is 1. The van der Waals surface area contributed by atoms with Crippen LogP contribution in [0.2, 0.25) is 0 Å². The van der Waals surface area contributed by atoms with Crippen LogP contribution in [-0.2, 0) is 13.0 Å². The fraction of sp³-hybridized carbons (Fsp3) is 0.231. The molecule has 1 aromatic heterocycles. The molecule has 0 unspecified atom stereocenters. The Morgan fingerprint density at radius 3 is 3.12 bits per heavy atom. The summed E-state index contributed by atoms with van der Waals surface area (Å²) in [5.74, 6) is 0. The summed E-state index contributed by atoms with van der Waals surface area (Å²) in [6.45, 7) is 1.81. The molecule has 1 N–H and O–H groups in total. The van der Waals surface area contributed by atoms with E-state index in [1.165, 1.54) is 11.3 Å². The molecule has 0 fully saturated rings. The minimum absolute atomic E-state index is 0.656. The van der Waals surface area contributed by atoms with Crippen molar-refractivity contribution in [2.24, 2.45) is 0 Å². The van der Waals surface area contributed by atoms with E-state index in [9.17, 15) is 0 Å². The minimum atomic E-state index is 0.656. The fourth-order valence-electron chi connectivity index (χ4n) is 2.20. The third-order valence-electron chi connectivity index (χ3n) is 3.07. The third kappa shape index (κ3) is 1.61. The van der Waals surface area contributed by atoms with Gasteiger partial charge in [-0.15, -0.1) is 0 Å². The Kier molecular flexibility index (Phi) is 2.39. The lowest BCUT2D eigenvalue weighted by Crippen LogP contribution is -2.25. The molecule has 4 heteroatoms. The van der Waals surface area contributed by atoms with Gasteiger partial charge in [0.1, 0.15) is 6.07 Å². The molecule has 0 amide bonds. The summed E-state index contributed by atoms with van der Waals surface area (Å²) in [6.07, 6.45) is 2.91. The average molecular weight is 224 g/mol. The van der Waals surface area contributed by atoms with Crippen LogP contribution in [0.5, 0.6) is 0 Å². The summed E-state index contributed by atoms with van der Waals surface area (Å²) in [4.78, 5) is 0. The van der Waals surface area contributed by atoms with Crippen molar-refractivity contribution in [1.29, 1.82) is 5.26 Å². The van der Waals surface area contributed by atoms with Gasteiger partial charge in [0, 0.05) is 6.54 Å². The van der Waals surface area contributed by atoms with Crippen LogP contribution in [0.1, 0.15) is 16.8 Å². The first-order chi connectivity index (χ1) is 8.40. The van der Waals surface area contributed by atoms with Gasteiger partial charge in [0.05, 0.1) is 23.1 Å². The van der Waals surface area contributed by atoms with Gasteiger partial charge >= 0.3 is 0 Å². The van der Waals surface area contributed by atoms with Gasteiger partial charge in [0.15, 0.2) is 0 Å². The number of nitrogens with one attached hydrogen (secondary N) is 1. The summed E-state index contributed by atoms with van der Waals surface area (Å²) >= 11 is 0. The Labute approximate surface area is 99.5 Å². The molecule has 0 saturated carbocycles. The molecule has 1 aliphatic heterocycles. The topological polar surface area (TPSA) is 53.6 Å². The Morgan fingerprint density at radius 2 is 2.24 bits per heavy atom. The second-order valence-corrected chi connectivity index (χ2v) is 4.08. The number of nitrogens with zero attached hydrogens (tertiary/aromatic N) is 3. The smallest absolute Gasteiger partial charge is 0.101 e. The molecule has 2 heterocycles. The number of nitriles is 1. The van der Waals surface area contributed by atoms with E-state index in [-0.39, 0.29) is 0 Å². The van der Waals surface area contributed by atoms with E-state index < -0.39 is 0 Å². The monoisotopic (exact) mass is 224 g/mol. The van der Waals surface area contributed by atoms with E-state index >= 15 is 0 Å². The van der Waals surface area contributed by atoms with Gasteiger partial charge in [-0.3, -0.25) is 0 Å². The van der Waals surface area contributed by atoms with Gasteiger partial charge in [-0.1, -0.05) is 12.1 Å². The summed E-state index contributed by atoms with van der Waals surface area (Å²) in [5.41, 5.74) is 3.96. The van der Waals surface area contributed by atoms with Crippen LogP contribution < -0.4 is 5.32 Å². The molecule has 1 aromatic carbocycles. The van der Waals surface area contributed by atoms with Crippen molar-refractivity contribution in [2.45, 2.75) is 13.0 Å². The van der Waals surface area contributed by atoms with Crippen molar-refractivity contribution in [3.05, 3.63) is 47.3 Å². The maximum absolute atomic E-state index is 9.11. The van der Waals surface area contributed by atoms with Gasteiger partial charge < -0.3 is 5.32 Å². The molecule has 0 atom stereocenters. The molecule has 84 valence electrons. The van der Waals surface area contributed by atoms with Gasteiger partial charge in [-0.05, 0) is 30.7 Å². The van der Waals surface area contributed by atoms with Crippen molar-refractivity contribution >= 4 is 0 Å². The van der Waals surface area contributed by atoms with E-state index in [0.29, 0.717) is 5.56 Å². The van der Waals surface area contributed by atoms with E-state index in [2.05, 4.69) is 16.5 Å². The van der Waals surface area contributed by atoms with Crippen molar-refractivity contribution in [3.8, 4) is 11.8 Å². The van der Waals surface area contributed by atoms with Crippen LogP contribution in [0.15, 0.2) is 30.5 Å². The molecule has 2 aromatic rings. The molecule has 0 aliphatic carbocycles. The Bertz CT molecular complexity index is 592. The predicted molar refractivity (Wildman–Crippen MR) is 63.7 cm³/mol. The lowest BCUT2D eigenvalue weighted by molar-refractivity contribution is 0.614. The standard InChI is InChI=1S/C13H12N4/c14-7-10-3-1-2-4-12(10)17-13-9-15-6-5-11(13)8-16-17/h1-4,8,15H,5-6,9H2. The highest BCUT2D eigenvalue weighted by atomic mass is 15.3. The average Bonchev–Trinajstić information content (AvgIpc) is 2.82. The van der Waals surface area contributed by atoms with Crippen molar-refractivity contribution in [1.82, 2.24) is 15.1 Å². The normalized spacial score (nSPS) is 14.1. The van der Waals surface area contributed by atoms with E-state index in [0.717, 1.165) is 25.2 Å². The molecule has 4 nitrogen and oxygen atoms in total. The second-order valence-electron chi connectivity index (χ2n) is 4.08. The van der Waals surface area contributed by atoms with Crippen LogP contribution in [0.25, 0.3) is 5.69 Å². The Balaban J connectivity index is 2.16. The van der Waals surface area contributed by atoms with E-state index in [4.69, 9.17) is 5.26 Å². The minimum Gasteiger partial charge on any atom is -0.311 e. The van der Waals surface area contributed by atoms with Gasteiger partial charge in [0.2, 0.25) is 0 Å². The highest BCUT2D eigenvalue weighted by molar-refractivity contribution is 5.49. The molecule has 17 heavy (non-hydrogen) atoms. The van der Waals surface area contributed by atoms with Crippen molar-refractivity contribution in [2.75, 3.05) is 6.54 Å². The number of hydrogen-bond acceptors (Lipinski definition) is 3. The van der Waals surface area contributed by atoms with Gasteiger partial charge in [-0.2, -0.15) is 10.4 Å². The van der Waals surface area contributed by atoms with Crippen LogP contribution in [0.4, 0.5) is 0 Å². The predicted octanol–water partition coefficient (Wildman–Crippen LogP) is 1.39. The van der Waals surface area contributed by atoms with Crippen molar-refractivity contribution < 1.29 is 0 Å². The van der Waals surface area contributed by atoms with Gasteiger partial charge in [-0.25, -0.2) is 4.68 Å². The lowest BCUT2D eigenvalue weighted by atomic mass is 10.1. The molecular formula is C13H12N4. The molecule has 0 bridgehead atoms. The summed E-state index contributed by atoms with van der Waals surface area (Å²) in [5, 5.41) is 16.8. The number of fused-ring (bicyclic) bond motifs is 1. The molecule has 0 radical (unpaired) electrons. The van der Waals surface area contributed by atoms with Crippen LogP contribution in [0.3, 0.4) is 0 Å². The number of aromatic nitrogens is 2. The Morgan fingerprint density at radius 1 is 1.35 bits per heavy atom. The van der Waals surface area contributed by atoms with E-state index in [1.54, 1.807) is 0 Å². The SMILES string of the molecule is N#Cc1ccccc1-n1ncc2c1CNCC2. The largest absolute Gasteiger partial charge is 0.311 e. The summed E-state index contributed by atoms with van der Waals surface area (Å²) < 4.78 is 1.88. The number of hydrogen-bond donors (Lipinski definition) is 1. The molecule has 0 saturated heterocycles. The first-order valence-corrected chi connectivity index (χ1v) is 5.66. The second kappa shape index (κ2) is 4.04. The molecule has 0 spiro atoms. The zero-order chi connectivity index (χ0) is 11.7. The fourth-order valence-corrected chi connectivity index (χ4v) is 2.20. The maximum atomic E-state index is 9.11. The summed E-state index contributed by atoms with van der Waals surface area (Å²) in [7, 11) is 0. The van der Waals surface area contributed by atoms with E-state index in [1.807, 2.05) is 35.1 Å². The first kappa shape index (κ1) is 10.1. The highest BCUT2D eigenvalue weighted by Crippen LogP contribution is 2.20. The highest BCUT2D eigenvalue weighted by Gasteiger charge is 2.16. The van der Waals surface area contributed by atoms with Crippen LogP contribution in [-0.4, -0.2) is 16.3 Å². The first-order valence-electron chi connectivity index (χ1n) is 5.66. The third-order valence-corrected chi connectivity index (χ3v) is 3.07. The number of benzene rings is 1. The maximum Gasteiger partial charge on any atom is 0.101 e. The Hall–Kier alpha value is -2.12. The zero-order valence-corrected chi connectivity index (χ0v) is 9.35. The van der Waals surface area contributed by atoms with Crippen LogP contribution >= 0.6 is 0 Å². The van der Waals surface area contributed by atoms with Crippen LogP contribution in [0, 0.1) is 11.3 Å². The van der Waals surface area contributed by atoms with Gasteiger partial charge in [0.25, 0.3) is 0 Å². The molecular weight excluding hydrogens is 212 g/mol. The zero-order valence-electron chi connectivity index (χ0n) is 9.35. The molecule has 1 aliphatic rings. The molecule has 3 rings (SSSR count). The van der Waals surface area contributed by atoms with Crippen molar-refractivity contribution in [3.63, 3.8) is 0 Å². The number of rotatable bonds is 1. The lowest BCUT2D eigenvalue weighted by Gasteiger charge is -2.15. The summed E-state index contributed by atoms with van der Waals surface area (Å²) in [6, 6.07) is 9.76.